The average molecular weight is 295 g/mol. The van der Waals surface area contributed by atoms with Gasteiger partial charge in [-0.2, -0.15) is 0 Å². The molecule has 0 radical (unpaired) electrons. The zero-order chi connectivity index (χ0) is 16.1. The summed E-state index contributed by atoms with van der Waals surface area (Å²) in [7, 11) is 0. The number of likely N-dealkylation sites (tertiary alicyclic amines) is 1. The normalized spacial score (nSPS) is 19.0. The van der Waals surface area contributed by atoms with E-state index in [0.717, 1.165) is 0 Å². The summed E-state index contributed by atoms with van der Waals surface area (Å²) in [4.78, 5) is 21.1. The molecule has 6 nitrogen and oxygen atoms in total. The molecule has 1 N–H and O–H groups in total. The van der Waals surface area contributed by atoms with Gasteiger partial charge in [0.1, 0.15) is 5.60 Å². The van der Waals surface area contributed by atoms with E-state index in [1.54, 1.807) is 4.90 Å². The molecular weight excluding hydrogens is 270 g/mol. The number of hydrogen-bond donors (Lipinski definition) is 1. The van der Waals surface area contributed by atoms with Crippen molar-refractivity contribution in [3.05, 3.63) is 11.9 Å². The van der Waals surface area contributed by atoms with Crippen molar-refractivity contribution < 1.29 is 14.6 Å². The van der Waals surface area contributed by atoms with Crippen molar-refractivity contribution >= 4 is 19.5 Å². The van der Waals surface area contributed by atoms with Gasteiger partial charge in [-0.15, -0.1) is 0 Å². The van der Waals surface area contributed by atoms with Gasteiger partial charge in [0.05, 0.1) is 11.3 Å². The topological polar surface area (TPSA) is 74.5 Å². The number of piperidine rings is 1. The van der Waals surface area contributed by atoms with Crippen LogP contribution in [0.4, 0.5) is 4.79 Å². The van der Waals surface area contributed by atoms with Gasteiger partial charge in [0.15, 0.2) is 0 Å². The molecule has 1 aliphatic rings. The molecule has 0 atom stereocenters. The Labute approximate surface area is 126 Å². The van der Waals surface area contributed by atoms with Gasteiger partial charge < -0.3 is 14.7 Å². The maximum absolute atomic E-state index is 12.0. The molecule has 1 amide bonds. The average Bonchev–Trinajstić information content (AvgIpc) is 2.36. The molecule has 1 fully saturated rings. The predicted octanol–water partition coefficient (Wildman–Crippen LogP) is 2.38. The second-order valence-corrected chi connectivity index (χ2v) is 6.33. The SMILES string of the molecule is C=N/C=C(/CC1(O)CCN(C(=O)OC(C)(C)C)CC1)N=C. The number of ether oxygens (including phenoxy) is 1. The Kier molecular flexibility index (Phi) is 5.66. The molecule has 118 valence electrons. The van der Waals surface area contributed by atoms with E-state index in [0.29, 0.717) is 38.0 Å². The predicted molar refractivity (Wildman–Crippen MR) is 83.8 cm³/mol. The highest BCUT2D eigenvalue weighted by Crippen LogP contribution is 2.29. The van der Waals surface area contributed by atoms with E-state index in [4.69, 9.17) is 4.74 Å². The van der Waals surface area contributed by atoms with Crippen LogP contribution in [0, 0.1) is 0 Å². The number of carbonyl (C=O) groups excluding carboxylic acids is 1. The molecule has 21 heavy (non-hydrogen) atoms. The van der Waals surface area contributed by atoms with Crippen LogP contribution >= 0.6 is 0 Å². The number of aliphatic hydroxyl groups is 1. The van der Waals surface area contributed by atoms with Crippen LogP contribution in [0.2, 0.25) is 0 Å². The first-order valence-electron chi connectivity index (χ1n) is 7.01. The number of carbonyl (C=O) groups is 1. The monoisotopic (exact) mass is 295 g/mol. The fourth-order valence-corrected chi connectivity index (χ4v) is 2.19. The van der Waals surface area contributed by atoms with Gasteiger partial charge in [0.2, 0.25) is 0 Å². The molecule has 1 heterocycles. The van der Waals surface area contributed by atoms with Gasteiger partial charge in [0, 0.05) is 25.7 Å². The highest BCUT2D eigenvalue weighted by Gasteiger charge is 2.35. The molecule has 0 aliphatic carbocycles. The maximum Gasteiger partial charge on any atom is 0.410 e. The molecule has 0 unspecified atom stereocenters. The number of amides is 1. The molecule has 0 aromatic heterocycles. The standard InChI is InChI=1S/C15H25N3O3/c1-14(2,3)21-13(19)18-8-6-15(20,7-9-18)10-12(17-5)11-16-4/h11,20H,4-10H2,1-3H3/b12-11-. The lowest BCUT2D eigenvalue weighted by Gasteiger charge is -2.38. The van der Waals surface area contributed by atoms with Gasteiger partial charge in [-0.1, -0.05) is 0 Å². The summed E-state index contributed by atoms with van der Waals surface area (Å²) in [5, 5.41) is 10.6. The van der Waals surface area contributed by atoms with Gasteiger partial charge in [-0.25, -0.2) is 4.79 Å². The summed E-state index contributed by atoms with van der Waals surface area (Å²) in [6.45, 7) is 13.2. The van der Waals surface area contributed by atoms with Crippen molar-refractivity contribution in [1.82, 2.24) is 4.90 Å². The lowest BCUT2D eigenvalue weighted by atomic mass is 9.87. The number of nitrogens with zero attached hydrogens (tertiary/aromatic N) is 3. The van der Waals surface area contributed by atoms with E-state index in [1.165, 1.54) is 6.20 Å². The second-order valence-electron chi connectivity index (χ2n) is 6.33. The van der Waals surface area contributed by atoms with E-state index >= 15 is 0 Å². The zero-order valence-corrected chi connectivity index (χ0v) is 13.1. The first-order chi connectivity index (χ1) is 9.69. The lowest BCUT2D eigenvalue weighted by Crippen LogP contribution is -2.48. The van der Waals surface area contributed by atoms with Crippen molar-refractivity contribution in [2.75, 3.05) is 13.1 Å². The van der Waals surface area contributed by atoms with Crippen LogP contribution in [-0.4, -0.2) is 53.8 Å². The molecule has 0 saturated carbocycles. The van der Waals surface area contributed by atoms with Crippen molar-refractivity contribution in [2.24, 2.45) is 9.98 Å². The van der Waals surface area contributed by atoms with Crippen molar-refractivity contribution in [2.45, 2.75) is 51.2 Å². The van der Waals surface area contributed by atoms with Crippen molar-refractivity contribution in [3.63, 3.8) is 0 Å². The zero-order valence-electron chi connectivity index (χ0n) is 13.1. The minimum Gasteiger partial charge on any atom is -0.444 e. The van der Waals surface area contributed by atoms with Crippen LogP contribution in [0.25, 0.3) is 0 Å². The summed E-state index contributed by atoms with van der Waals surface area (Å²) in [5.74, 6) is 0. The smallest absolute Gasteiger partial charge is 0.410 e. The van der Waals surface area contributed by atoms with Crippen molar-refractivity contribution in [3.8, 4) is 0 Å². The van der Waals surface area contributed by atoms with Gasteiger partial charge in [-0.05, 0) is 47.0 Å². The molecule has 1 saturated heterocycles. The van der Waals surface area contributed by atoms with E-state index < -0.39 is 11.2 Å². The first-order valence-corrected chi connectivity index (χ1v) is 7.01. The van der Waals surface area contributed by atoms with Gasteiger partial charge in [0.25, 0.3) is 0 Å². The molecule has 0 spiro atoms. The van der Waals surface area contributed by atoms with Crippen LogP contribution < -0.4 is 0 Å². The minimum atomic E-state index is -0.893. The van der Waals surface area contributed by atoms with Crippen LogP contribution in [0.3, 0.4) is 0 Å². The Morgan fingerprint density at radius 2 is 1.95 bits per heavy atom. The lowest BCUT2D eigenvalue weighted by molar-refractivity contribution is -0.0315. The summed E-state index contributed by atoms with van der Waals surface area (Å²) in [5.41, 5.74) is -0.808. The van der Waals surface area contributed by atoms with Gasteiger partial charge >= 0.3 is 6.09 Å². The Balaban J connectivity index is 2.58. The van der Waals surface area contributed by atoms with Gasteiger partial charge in [-0.3, -0.25) is 9.98 Å². The summed E-state index contributed by atoms with van der Waals surface area (Å²) in [6.07, 6.45) is 2.45. The molecule has 1 aliphatic heterocycles. The molecule has 0 bridgehead atoms. The summed E-state index contributed by atoms with van der Waals surface area (Å²) in [6, 6.07) is 0. The Bertz CT molecular complexity index is 430. The van der Waals surface area contributed by atoms with Crippen LogP contribution in [0.5, 0.6) is 0 Å². The van der Waals surface area contributed by atoms with Crippen LogP contribution in [0.15, 0.2) is 21.9 Å². The highest BCUT2D eigenvalue weighted by atomic mass is 16.6. The number of rotatable bonds is 4. The Morgan fingerprint density at radius 3 is 2.38 bits per heavy atom. The molecular formula is C15H25N3O3. The third kappa shape index (κ3) is 5.67. The number of hydrogen-bond acceptors (Lipinski definition) is 5. The second kappa shape index (κ2) is 6.85. The molecule has 0 aromatic carbocycles. The summed E-state index contributed by atoms with van der Waals surface area (Å²) < 4.78 is 5.33. The Morgan fingerprint density at radius 1 is 1.38 bits per heavy atom. The molecule has 0 aromatic rings. The number of aliphatic imine (C=N–C) groups is 2. The fourth-order valence-electron chi connectivity index (χ4n) is 2.19. The maximum atomic E-state index is 12.0. The molecule has 1 rings (SSSR count). The van der Waals surface area contributed by atoms with Crippen LogP contribution in [0.1, 0.15) is 40.0 Å². The minimum absolute atomic E-state index is 0.338. The van der Waals surface area contributed by atoms with Crippen molar-refractivity contribution in [1.29, 1.82) is 0 Å². The third-order valence-corrected chi connectivity index (χ3v) is 3.30. The van der Waals surface area contributed by atoms with E-state index in [9.17, 15) is 9.90 Å². The first kappa shape index (κ1) is 17.4. The van der Waals surface area contributed by atoms with E-state index in [2.05, 4.69) is 23.4 Å². The highest BCUT2D eigenvalue weighted by molar-refractivity contribution is 5.68. The Hall–Kier alpha value is -1.69. The molecule has 6 heteroatoms. The third-order valence-electron chi connectivity index (χ3n) is 3.30. The van der Waals surface area contributed by atoms with Crippen LogP contribution in [-0.2, 0) is 4.74 Å². The van der Waals surface area contributed by atoms with E-state index in [1.807, 2.05) is 20.8 Å². The fraction of sp³-hybridized carbons (Fsp3) is 0.667. The van der Waals surface area contributed by atoms with E-state index in [-0.39, 0.29) is 6.09 Å². The largest absolute Gasteiger partial charge is 0.444 e. The summed E-state index contributed by atoms with van der Waals surface area (Å²) >= 11 is 0. The quantitative estimate of drug-likeness (QED) is 0.809.